The Hall–Kier alpha value is -1.87. The highest BCUT2D eigenvalue weighted by Gasteiger charge is 2.09. The van der Waals surface area contributed by atoms with Gasteiger partial charge in [-0.3, -0.25) is 4.79 Å². The van der Waals surface area contributed by atoms with Crippen LogP contribution in [-0.4, -0.2) is 17.4 Å². The molecule has 0 saturated heterocycles. The van der Waals surface area contributed by atoms with E-state index >= 15 is 0 Å². The van der Waals surface area contributed by atoms with Gasteiger partial charge in [0.2, 0.25) is 0 Å². The molecule has 0 radical (unpaired) electrons. The number of aromatic nitrogens is 1. The molecule has 4 heteroatoms. The van der Waals surface area contributed by atoms with Crippen molar-refractivity contribution in [1.82, 2.24) is 10.3 Å². The summed E-state index contributed by atoms with van der Waals surface area (Å²) >= 11 is 5.76. The molecular formula is C16H17ClN2O. The Morgan fingerprint density at radius 1 is 1.20 bits per heavy atom. The van der Waals surface area contributed by atoms with Crippen LogP contribution in [0.5, 0.6) is 0 Å². The van der Waals surface area contributed by atoms with E-state index in [-0.39, 0.29) is 5.91 Å². The predicted octanol–water partition coefficient (Wildman–Crippen LogP) is 3.66. The fraction of sp³-hybridized carbons (Fsp3) is 0.250. The van der Waals surface area contributed by atoms with Crippen molar-refractivity contribution in [2.24, 2.45) is 0 Å². The second-order valence-electron chi connectivity index (χ2n) is 4.70. The normalized spacial score (nSPS) is 11.9. The first-order valence-electron chi connectivity index (χ1n) is 6.62. The van der Waals surface area contributed by atoms with E-state index in [1.807, 2.05) is 18.2 Å². The van der Waals surface area contributed by atoms with E-state index in [1.54, 1.807) is 18.2 Å². The van der Waals surface area contributed by atoms with Crippen LogP contribution in [0.4, 0.5) is 0 Å². The molecule has 0 fully saturated rings. The summed E-state index contributed by atoms with van der Waals surface area (Å²) in [5.74, 6) is 0.219. The molecule has 1 unspecified atom stereocenters. The van der Waals surface area contributed by atoms with Crippen LogP contribution in [0.1, 0.15) is 35.3 Å². The average Bonchev–Trinajstić information content (AvgIpc) is 2.48. The maximum Gasteiger partial charge on any atom is 0.269 e. The first kappa shape index (κ1) is 14.5. The molecule has 2 rings (SSSR count). The highest BCUT2D eigenvalue weighted by atomic mass is 35.5. The lowest BCUT2D eigenvalue weighted by Crippen LogP contribution is -2.26. The molecule has 1 heterocycles. The first-order chi connectivity index (χ1) is 9.66. The Labute approximate surface area is 124 Å². The summed E-state index contributed by atoms with van der Waals surface area (Å²) in [5, 5.41) is 3.20. The predicted molar refractivity (Wildman–Crippen MR) is 81.1 cm³/mol. The molecule has 1 atom stereocenters. The number of rotatable bonds is 5. The SMILES string of the molecule is CC(CCNC(=O)c1cccc(Cl)n1)c1ccccc1. The molecule has 0 aliphatic carbocycles. The van der Waals surface area contributed by atoms with Crippen LogP contribution in [-0.2, 0) is 0 Å². The first-order valence-corrected chi connectivity index (χ1v) is 7.00. The van der Waals surface area contributed by atoms with E-state index in [2.05, 4.69) is 29.4 Å². The van der Waals surface area contributed by atoms with Gasteiger partial charge in [0.25, 0.3) is 5.91 Å². The Kier molecular flexibility index (Phi) is 5.13. The van der Waals surface area contributed by atoms with Crippen molar-refractivity contribution < 1.29 is 4.79 Å². The van der Waals surface area contributed by atoms with Gasteiger partial charge in [0.05, 0.1) is 0 Å². The van der Waals surface area contributed by atoms with Gasteiger partial charge in [-0.1, -0.05) is 54.9 Å². The van der Waals surface area contributed by atoms with Crippen molar-refractivity contribution in [2.45, 2.75) is 19.3 Å². The van der Waals surface area contributed by atoms with E-state index in [0.717, 1.165) is 6.42 Å². The van der Waals surface area contributed by atoms with Crippen molar-refractivity contribution in [3.63, 3.8) is 0 Å². The van der Waals surface area contributed by atoms with Crippen molar-refractivity contribution in [3.8, 4) is 0 Å². The summed E-state index contributed by atoms with van der Waals surface area (Å²) in [4.78, 5) is 15.9. The molecule has 104 valence electrons. The van der Waals surface area contributed by atoms with E-state index < -0.39 is 0 Å². The highest BCUT2D eigenvalue weighted by Crippen LogP contribution is 2.17. The number of benzene rings is 1. The van der Waals surface area contributed by atoms with E-state index in [0.29, 0.717) is 23.3 Å². The minimum Gasteiger partial charge on any atom is -0.351 e. The van der Waals surface area contributed by atoms with Crippen LogP contribution in [0.15, 0.2) is 48.5 Å². The molecule has 1 amide bonds. The van der Waals surface area contributed by atoms with Crippen LogP contribution >= 0.6 is 11.6 Å². The van der Waals surface area contributed by atoms with Gasteiger partial charge in [-0.2, -0.15) is 0 Å². The van der Waals surface area contributed by atoms with Crippen molar-refractivity contribution >= 4 is 17.5 Å². The van der Waals surface area contributed by atoms with Crippen LogP contribution in [0.2, 0.25) is 5.15 Å². The summed E-state index contributed by atoms with van der Waals surface area (Å²) in [6.07, 6.45) is 0.885. The average molecular weight is 289 g/mol. The zero-order valence-electron chi connectivity index (χ0n) is 11.3. The molecule has 1 aromatic carbocycles. The van der Waals surface area contributed by atoms with Gasteiger partial charge >= 0.3 is 0 Å². The third kappa shape index (κ3) is 4.07. The molecule has 0 bridgehead atoms. The van der Waals surface area contributed by atoms with Gasteiger partial charge < -0.3 is 5.32 Å². The number of nitrogens with one attached hydrogen (secondary N) is 1. The zero-order chi connectivity index (χ0) is 14.4. The summed E-state index contributed by atoms with van der Waals surface area (Å²) in [6, 6.07) is 15.3. The third-order valence-corrected chi connectivity index (χ3v) is 3.39. The molecule has 20 heavy (non-hydrogen) atoms. The number of carbonyl (C=O) groups is 1. The summed E-state index contributed by atoms with van der Waals surface area (Å²) in [6.45, 7) is 2.77. The molecule has 1 N–H and O–H groups in total. The standard InChI is InChI=1S/C16H17ClN2O/c1-12(13-6-3-2-4-7-13)10-11-18-16(20)14-8-5-9-15(17)19-14/h2-9,12H,10-11H2,1H3,(H,18,20). The van der Waals surface area contributed by atoms with Gasteiger partial charge in [0.15, 0.2) is 0 Å². The number of halogens is 1. The highest BCUT2D eigenvalue weighted by molar-refractivity contribution is 6.29. The minimum atomic E-state index is -0.187. The lowest BCUT2D eigenvalue weighted by Gasteiger charge is -2.12. The van der Waals surface area contributed by atoms with Crippen molar-refractivity contribution in [2.75, 3.05) is 6.54 Å². The molecule has 0 spiro atoms. The van der Waals surface area contributed by atoms with Crippen LogP contribution in [0.3, 0.4) is 0 Å². The lowest BCUT2D eigenvalue weighted by molar-refractivity contribution is 0.0947. The van der Waals surface area contributed by atoms with Crippen LogP contribution < -0.4 is 5.32 Å². The smallest absolute Gasteiger partial charge is 0.269 e. The Balaban J connectivity index is 1.83. The summed E-state index contributed by atoms with van der Waals surface area (Å²) < 4.78 is 0. The van der Waals surface area contributed by atoms with E-state index in [1.165, 1.54) is 5.56 Å². The number of pyridine rings is 1. The number of nitrogens with zero attached hydrogens (tertiary/aromatic N) is 1. The zero-order valence-corrected chi connectivity index (χ0v) is 12.1. The third-order valence-electron chi connectivity index (χ3n) is 3.18. The van der Waals surface area contributed by atoms with Crippen LogP contribution in [0, 0.1) is 0 Å². The number of amides is 1. The summed E-state index contributed by atoms with van der Waals surface area (Å²) in [5.41, 5.74) is 1.63. The topological polar surface area (TPSA) is 42.0 Å². The van der Waals surface area contributed by atoms with Gasteiger partial charge in [0.1, 0.15) is 10.8 Å². The fourth-order valence-corrected chi connectivity index (χ4v) is 2.14. The molecule has 0 aliphatic heterocycles. The van der Waals surface area contributed by atoms with Gasteiger partial charge in [-0.05, 0) is 30.0 Å². The fourth-order valence-electron chi connectivity index (χ4n) is 1.98. The molecule has 0 saturated carbocycles. The second-order valence-corrected chi connectivity index (χ2v) is 5.09. The molecule has 3 nitrogen and oxygen atoms in total. The Morgan fingerprint density at radius 3 is 2.65 bits per heavy atom. The number of hydrogen-bond donors (Lipinski definition) is 1. The molecule has 2 aromatic rings. The molecule has 1 aromatic heterocycles. The Bertz CT molecular complexity index is 572. The van der Waals surface area contributed by atoms with Crippen molar-refractivity contribution in [1.29, 1.82) is 0 Å². The van der Waals surface area contributed by atoms with Gasteiger partial charge in [0, 0.05) is 6.54 Å². The quantitative estimate of drug-likeness (QED) is 0.853. The maximum atomic E-state index is 11.9. The number of hydrogen-bond acceptors (Lipinski definition) is 2. The molecular weight excluding hydrogens is 272 g/mol. The molecule has 0 aliphatic rings. The van der Waals surface area contributed by atoms with E-state index in [4.69, 9.17) is 11.6 Å². The van der Waals surface area contributed by atoms with Gasteiger partial charge in [-0.25, -0.2) is 4.98 Å². The number of carbonyl (C=O) groups excluding carboxylic acids is 1. The maximum absolute atomic E-state index is 11.9. The Morgan fingerprint density at radius 2 is 1.95 bits per heavy atom. The summed E-state index contributed by atoms with van der Waals surface area (Å²) in [7, 11) is 0. The lowest BCUT2D eigenvalue weighted by atomic mass is 9.98. The largest absolute Gasteiger partial charge is 0.351 e. The minimum absolute atomic E-state index is 0.187. The van der Waals surface area contributed by atoms with Crippen molar-refractivity contribution in [3.05, 3.63) is 64.9 Å². The van der Waals surface area contributed by atoms with E-state index in [9.17, 15) is 4.79 Å². The van der Waals surface area contributed by atoms with Crippen LogP contribution in [0.25, 0.3) is 0 Å². The monoisotopic (exact) mass is 288 g/mol. The van der Waals surface area contributed by atoms with Gasteiger partial charge in [-0.15, -0.1) is 0 Å². The second kappa shape index (κ2) is 7.06.